The van der Waals surface area contributed by atoms with Crippen LogP contribution in [0.2, 0.25) is 0 Å². The Bertz CT molecular complexity index is 1000. The summed E-state index contributed by atoms with van der Waals surface area (Å²) in [6.07, 6.45) is 0.0508. The summed E-state index contributed by atoms with van der Waals surface area (Å²) in [5, 5.41) is 0. The molecule has 0 spiro atoms. The van der Waals surface area contributed by atoms with Gasteiger partial charge in [0, 0.05) is 0 Å². The van der Waals surface area contributed by atoms with E-state index in [0.717, 1.165) is 0 Å². The zero-order valence-corrected chi connectivity index (χ0v) is 20.7. The quantitative estimate of drug-likeness (QED) is 0.460. The van der Waals surface area contributed by atoms with Gasteiger partial charge in [-0.2, -0.15) is 0 Å². The molecule has 1 unspecified atom stereocenters. The molecular weight excluding hydrogens is 486 g/mol. The molecule has 1 nitrogen and oxygen atoms in total. The summed E-state index contributed by atoms with van der Waals surface area (Å²) >= 11 is 0.492. The van der Waals surface area contributed by atoms with Crippen LogP contribution in [0.4, 0.5) is 0 Å². The Labute approximate surface area is 186 Å². The Morgan fingerprint density at radius 3 is 1.76 bits per heavy atom. The van der Waals surface area contributed by atoms with Crippen LogP contribution < -0.4 is 8.92 Å². The fourth-order valence-corrected chi connectivity index (χ4v) is 8.85. The third-order valence-corrected chi connectivity index (χ3v) is 11.1. The van der Waals surface area contributed by atoms with E-state index in [-0.39, 0.29) is 41.6 Å². The van der Waals surface area contributed by atoms with Gasteiger partial charge in [-0.1, -0.05) is 0 Å². The van der Waals surface area contributed by atoms with Crippen molar-refractivity contribution < 1.29 is 4.74 Å². The van der Waals surface area contributed by atoms with E-state index in [1.807, 2.05) is 0 Å². The second-order valence-electron chi connectivity index (χ2n) is 7.94. The van der Waals surface area contributed by atoms with E-state index in [9.17, 15) is 0 Å². The molecule has 0 saturated heterocycles. The predicted octanol–water partition coefficient (Wildman–Crippen LogP) is 4.42. The molecule has 0 N–H and O–H groups in total. The fraction of sp³-hybridized carbons (Fsp3) is 0.231. The number of rotatable bonds is 5. The van der Waals surface area contributed by atoms with Gasteiger partial charge >= 0.3 is 187 Å². The van der Waals surface area contributed by atoms with Crippen LogP contribution in [0.5, 0.6) is 0 Å². The van der Waals surface area contributed by atoms with Gasteiger partial charge < -0.3 is 0 Å². The van der Waals surface area contributed by atoms with Gasteiger partial charge in [0.2, 0.25) is 0 Å². The summed E-state index contributed by atoms with van der Waals surface area (Å²) < 4.78 is 12.5. The zero-order chi connectivity index (χ0) is 20.4. The first-order valence-corrected chi connectivity index (χ1v) is 13.3. The van der Waals surface area contributed by atoms with Crippen LogP contribution in [-0.4, -0.2) is 35.5 Å². The molecule has 0 fully saturated rings. The van der Waals surface area contributed by atoms with Crippen molar-refractivity contribution >= 4 is 38.8 Å². The Morgan fingerprint density at radius 2 is 1.21 bits per heavy atom. The normalized spacial score (nSPS) is 18.3. The molecule has 0 aliphatic carbocycles. The Hall–Kier alpha value is -1.60. The maximum atomic E-state index is 6.71. The minimum absolute atomic E-state index is 0.0508. The standard InChI is InChI=1S/C26H26OSe2/c1-18-10-14-21(15-11-18)28-24-23(20-8-6-5-7-9-20)27-26(3,4)25(24)29-22-16-12-19(2)13-17-22/h5-17,23H,1-4H3. The van der Waals surface area contributed by atoms with E-state index in [1.54, 1.807) is 0 Å². The van der Waals surface area contributed by atoms with E-state index in [0.29, 0.717) is 0 Å². The Morgan fingerprint density at radius 1 is 0.690 bits per heavy atom. The first-order chi connectivity index (χ1) is 13.9. The van der Waals surface area contributed by atoms with Crippen molar-refractivity contribution in [2.75, 3.05) is 0 Å². The van der Waals surface area contributed by atoms with E-state index < -0.39 is 0 Å². The van der Waals surface area contributed by atoms with E-state index in [2.05, 4.69) is 107 Å². The van der Waals surface area contributed by atoms with E-state index >= 15 is 0 Å². The molecule has 0 saturated carbocycles. The second-order valence-corrected chi connectivity index (χ2v) is 12.6. The first-order valence-electron chi connectivity index (χ1n) is 9.89. The molecule has 0 bridgehead atoms. The number of ether oxygens (including phenoxy) is 1. The van der Waals surface area contributed by atoms with Gasteiger partial charge in [0.05, 0.1) is 0 Å². The van der Waals surface area contributed by atoms with Crippen LogP contribution in [0, 0.1) is 13.8 Å². The molecule has 1 heterocycles. The summed E-state index contributed by atoms with van der Waals surface area (Å²) in [6.45, 7) is 8.78. The summed E-state index contributed by atoms with van der Waals surface area (Å²) in [5.41, 5.74) is 3.64. The van der Waals surface area contributed by atoms with Gasteiger partial charge in [-0.3, -0.25) is 0 Å². The van der Waals surface area contributed by atoms with Crippen LogP contribution in [0.1, 0.15) is 36.6 Å². The molecule has 3 heteroatoms. The average molecular weight is 512 g/mol. The fourth-order valence-electron chi connectivity index (χ4n) is 3.40. The maximum absolute atomic E-state index is 6.71. The van der Waals surface area contributed by atoms with Crippen molar-refractivity contribution in [1.82, 2.24) is 0 Å². The molecular formula is C26H26OSe2. The molecule has 1 atom stereocenters. The van der Waals surface area contributed by atoms with Crippen molar-refractivity contribution in [3.05, 3.63) is 104 Å². The van der Waals surface area contributed by atoms with Crippen molar-refractivity contribution in [3.63, 3.8) is 0 Å². The van der Waals surface area contributed by atoms with Crippen LogP contribution in [0.15, 0.2) is 87.8 Å². The molecule has 148 valence electrons. The second kappa shape index (κ2) is 8.64. The van der Waals surface area contributed by atoms with Crippen LogP contribution in [0.25, 0.3) is 0 Å². The van der Waals surface area contributed by atoms with Gasteiger partial charge in [-0.05, 0) is 0 Å². The van der Waals surface area contributed by atoms with Gasteiger partial charge in [-0.15, -0.1) is 0 Å². The van der Waals surface area contributed by atoms with E-state index in [4.69, 9.17) is 4.74 Å². The average Bonchev–Trinajstić information content (AvgIpc) is 2.96. The minimum atomic E-state index is -0.243. The third-order valence-electron chi connectivity index (χ3n) is 5.01. The Kier molecular flexibility index (Phi) is 6.16. The molecule has 4 rings (SSSR count). The van der Waals surface area contributed by atoms with Crippen molar-refractivity contribution in [2.24, 2.45) is 0 Å². The molecule has 29 heavy (non-hydrogen) atoms. The molecule has 3 aromatic carbocycles. The summed E-state index contributed by atoms with van der Waals surface area (Å²) in [6, 6.07) is 28.7. The monoisotopic (exact) mass is 514 g/mol. The first kappa shape index (κ1) is 20.7. The number of hydrogen-bond acceptors (Lipinski definition) is 1. The number of hydrogen-bond donors (Lipinski definition) is 0. The van der Waals surface area contributed by atoms with Crippen molar-refractivity contribution in [1.29, 1.82) is 0 Å². The molecule has 1 aliphatic rings. The van der Waals surface area contributed by atoms with Gasteiger partial charge in [-0.25, -0.2) is 0 Å². The molecule has 0 radical (unpaired) electrons. The summed E-state index contributed by atoms with van der Waals surface area (Å²) in [7, 11) is 0. The third kappa shape index (κ3) is 4.77. The topological polar surface area (TPSA) is 9.23 Å². The van der Waals surface area contributed by atoms with Crippen LogP contribution >= 0.6 is 0 Å². The molecule has 0 amide bonds. The zero-order valence-electron chi connectivity index (χ0n) is 17.3. The van der Waals surface area contributed by atoms with Crippen LogP contribution in [-0.2, 0) is 4.74 Å². The number of benzene rings is 3. The van der Waals surface area contributed by atoms with Crippen molar-refractivity contribution in [2.45, 2.75) is 39.4 Å². The van der Waals surface area contributed by atoms with Crippen molar-refractivity contribution in [3.8, 4) is 0 Å². The summed E-state index contributed by atoms with van der Waals surface area (Å²) in [4.78, 5) is 0. The van der Waals surface area contributed by atoms with Crippen LogP contribution in [0.3, 0.4) is 0 Å². The van der Waals surface area contributed by atoms with Gasteiger partial charge in [0.15, 0.2) is 0 Å². The number of aryl methyl sites for hydroxylation is 2. The summed E-state index contributed by atoms with van der Waals surface area (Å²) in [5.74, 6) is 0. The van der Waals surface area contributed by atoms with E-state index in [1.165, 1.54) is 34.6 Å². The molecule has 0 aromatic heterocycles. The van der Waals surface area contributed by atoms with Gasteiger partial charge in [0.25, 0.3) is 0 Å². The van der Waals surface area contributed by atoms with Gasteiger partial charge in [0.1, 0.15) is 0 Å². The predicted molar refractivity (Wildman–Crippen MR) is 125 cm³/mol. The molecule has 1 aliphatic heterocycles. The Balaban J connectivity index is 1.77. The SMILES string of the molecule is Cc1ccc([Se]C2=C([Se]c3ccc(C)cc3)C(C)(C)OC2c2ccccc2)cc1. The molecule has 3 aromatic rings.